The average Bonchev–Trinajstić information content (AvgIpc) is 2.04. The zero-order chi connectivity index (χ0) is 8.44. The van der Waals surface area contributed by atoms with E-state index in [1.165, 1.54) is 12.0 Å². The van der Waals surface area contributed by atoms with Crippen molar-refractivity contribution < 1.29 is 0 Å². The smallest absolute Gasteiger partial charge is 0.0270 e. The SMILES string of the molecule is CC1(Cc2ccncc2)CNC1. The zero-order valence-corrected chi connectivity index (χ0v) is 7.38. The first-order valence-electron chi connectivity index (χ1n) is 4.38. The number of hydrogen-bond donors (Lipinski definition) is 1. The van der Waals surface area contributed by atoms with E-state index in [9.17, 15) is 0 Å². The van der Waals surface area contributed by atoms with Gasteiger partial charge in [-0.15, -0.1) is 0 Å². The highest BCUT2D eigenvalue weighted by atomic mass is 15.0. The van der Waals surface area contributed by atoms with Crippen molar-refractivity contribution in [3.05, 3.63) is 30.1 Å². The second-order valence-corrected chi connectivity index (χ2v) is 3.95. The summed E-state index contributed by atoms with van der Waals surface area (Å²) in [5.41, 5.74) is 1.88. The maximum Gasteiger partial charge on any atom is 0.0270 e. The Kier molecular flexibility index (Phi) is 1.85. The fourth-order valence-electron chi connectivity index (χ4n) is 1.67. The molecule has 0 radical (unpaired) electrons. The van der Waals surface area contributed by atoms with Crippen LogP contribution in [-0.2, 0) is 6.42 Å². The van der Waals surface area contributed by atoms with Gasteiger partial charge in [0.25, 0.3) is 0 Å². The summed E-state index contributed by atoms with van der Waals surface area (Å²) in [7, 11) is 0. The van der Waals surface area contributed by atoms with Crippen molar-refractivity contribution in [3.63, 3.8) is 0 Å². The first-order chi connectivity index (χ1) is 5.79. The Morgan fingerprint density at radius 1 is 1.42 bits per heavy atom. The van der Waals surface area contributed by atoms with E-state index in [-0.39, 0.29) is 0 Å². The van der Waals surface area contributed by atoms with Crippen LogP contribution in [0.1, 0.15) is 12.5 Å². The molecule has 1 saturated heterocycles. The molecule has 1 fully saturated rings. The van der Waals surface area contributed by atoms with Crippen molar-refractivity contribution >= 4 is 0 Å². The Balaban J connectivity index is 2.04. The highest BCUT2D eigenvalue weighted by molar-refractivity contribution is 5.13. The molecule has 0 saturated carbocycles. The van der Waals surface area contributed by atoms with Gasteiger partial charge in [-0.2, -0.15) is 0 Å². The van der Waals surface area contributed by atoms with E-state index in [1.807, 2.05) is 12.4 Å². The first-order valence-corrected chi connectivity index (χ1v) is 4.38. The molecule has 1 aromatic heterocycles. The Morgan fingerprint density at radius 3 is 2.58 bits per heavy atom. The van der Waals surface area contributed by atoms with Gasteiger partial charge in [0.05, 0.1) is 0 Å². The molecule has 2 heteroatoms. The lowest BCUT2D eigenvalue weighted by atomic mass is 9.79. The third-order valence-electron chi connectivity index (χ3n) is 2.48. The second-order valence-electron chi connectivity index (χ2n) is 3.95. The average molecular weight is 162 g/mol. The Bertz CT molecular complexity index is 252. The molecule has 2 heterocycles. The van der Waals surface area contributed by atoms with E-state index in [0.29, 0.717) is 5.41 Å². The van der Waals surface area contributed by atoms with Crippen molar-refractivity contribution in [1.82, 2.24) is 10.3 Å². The molecular weight excluding hydrogens is 148 g/mol. The van der Waals surface area contributed by atoms with Crippen LogP contribution >= 0.6 is 0 Å². The molecule has 0 spiro atoms. The fourth-order valence-corrected chi connectivity index (χ4v) is 1.67. The lowest BCUT2D eigenvalue weighted by Crippen LogP contribution is -2.52. The van der Waals surface area contributed by atoms with Gasteiger partial charge in [-0.25, -0.2) is 0 Å². The van der Waals surface area contributed by atoms with Crippen molar-refractivity contribution in [3.8, 4) is 0 Å². The van der Waals surface area contributed by atoms with Crippen LogP contribution in [0.3, 0.4) is 0 Å². The van der Waals surface area contributed by atoms with Gasteiger partial charge in [-0.1, -0.05) is 6.92 Å². The fraction of sp³-hybridized carbons (Fsp3) is 0.500. The second kappa shape index (κ2) is 2.87. The Hall–Kier alpha value is -0.890. The maximum absolute atomic E-state index is 4.00. The minimum absolute atomic E-state index is 0.487. The zero-order valence-electron chi connectivity index (χ0n) is 7.38. The van der Waals surface area contributed by atoms with Crippen LogP contribution < -0.4 is 5.32 Å². The summed E-state index contributed by atoms with van der Waals surface area (Å²) in [4.78, 5) is 4.00. The molecule has 12 heavy (non-hydrogen) atoms. The summed E-state index contributed by atoms with van der Waals surface area (Å²) in [6, 6.07) is 4.20. The lowest BCUT2D eigenvalue weighted by Gasteiger charge is -2.39. The standard InChI is InChI=1S/C10H14N2/c1-10(7-12-8-10)6-9-2-4-11-5-3-9/h2-5,12H,6-8H2,1H3. The number of rotatable bonds is 2. The first kappa shape index (κ1) is 7.74. The number of nitrogens with zero attached hydrogens (tertiary/aromatic N) is 1. The molecular formula is C10H14N2. The van der Waals surface area contributed by atoms with Gasteiger partial charge in [0.15, 0.2) is 0 Å². The summed E-state index contributed by atoms with van der Waals surface area (Å²) in [6.07, 6.45) is 4.90. The van der Waals surface area contributed by atoms with Crippen LogP contribution in [0.25, 0.3) is 0 Å². The molecule has 1 aromatic rings. The molecule has 0 aromatic carbocycles. The van der Waals surface area contributed by atoms with Crippen LogP contribution in [0.15, 0.2) is 24.5 Å². The van der Waals surface area contributed by atoms with E-state index in [2.05, 4.69) is 29.4 Å². The topological polar surface area (TPSA) is 24.9 Å². The normalized spacial score (nSPS) is 20.1. The molecule has 2 rings (SSSR count). The minimum atomic E-state index is 0.487. The largest absolute Gasteiger partial charge is 0.316 e. The molecule has 0 atom stereocenters. The molecule has 0 amide bonds. The molecule has 1 N–H and O–H groups in total. The number of nitrogens with one attached hydrogen (secondary N) is 1. The van der Waals surface area contributed by atoms with Crippen molar-refractivity contribution in [2.45, 2.75) is 13.3 Å². The van der Waals surface area contributed by atoms with Crippen molar-refractivity contribution in [2.24, 2.45) is 5.41 Å². The Labute approximate surface area is 73.0 Å². The Morgan fingerprint density at radius 2 is 2.08 bits per heavy atom. The third kappa shape index (κ3) is 1.48. The third-order valence-corrected chi connectivity index (χ3v) is 2.48. The number of aromatic nitrogens is 1. The minimum Gasteiger partial charge on any atom is -0.316 e. The van der Waals surface area contributed by atoms with Gasteiger partial charge in [-0.3, -0.25) is 4.98 Å². The van der Waals surface area contributed by atoms with Crippen LogP contribution in [0.5, 0.6) is 0 Å². The summed E-state index contributed by atoms with van der Waals surface area (Å²) in [5.74, 6) is 0. The predicted molar refractivity (Wildman–Crippen MR) is 48.9 cm³/mol. The number of pyridine rings is 1. The molecule has 0 bridgehead atoms. The molecule has 1 aliphatic rings. The van der Waals surface area contributed by atoms with E-state index in [1.54, 1.807) is 0 Å². The summed E-state index contributed by atoms with van der Waals surface area (Å²) >= 11 is 0. The van der Waals surface area contributed by atoms with Gasteiger partial charge in [0.2, 0.25) is 0 Å². The lowest BCUT2D eigenvalue weighted by molar-refractivity contribution is 0.195. The highest BCUT2D eigenvalue weighted by Gasteiger charge is 2.31. The summed E-state index contributed by atoms with van der Waals surface area (Å²) in [5, 5.41) is 3.31. The van der Waals surface area contributed by atoms with E-state index >= 15 is 0 Å². The van der Waals surface area contributed by atoms with Gasteiger partial charge < -0.3 is 5.32 Å². The van der Waals surface area contributed by atoms with Gasteiger partial charge >= 0.3 is 0 Å². The quantitative estimate of drug-likeness (QED) is 0.707. The number of hydrogen-bond acceptors (Lipinski definition) is 2. The van der Waals surface area contributed by atoms with Gasteiger partial charge in [0.1, 0.15) is 0 Å². The monoisotopic (exact) mass is 162 g/mol. The molecule has 2 nitrogen and oxygen atoms in total. The van der Waals surface area contributed by atoms with E-state index in [4.69, 9.17) is 0 Å². The molecule has 0 unspecified atom stereocenters. The van der Waals surface area contributed by atoms with Crippen molar-refractivity contribution in [1.29, 1.82) is 0 Å². The van der Waals surface area contributed by atoms with E-state index in [0.717, 1.165) is 13.1 Å². The van der Waals surface area contributed by atoms with Gasteiger partial charge in [-0.05, 0) is 29.5 Å². The molecule has 1 aliphatic heterocycles. The van der Waals surface area contributed by atoms with Crippen LogP contribution in [0.2, 0.25) is 0 Å². The van der Waals surface area contributed by atoms with Gasteiger partial charge in [0, 0.05) is 25.5 Å². The van der Waals surface area contributed by atoms with Crippen LogP contribution in [-0.4, -0.2) is 18.1 Å². The summed E-state index contributed by atoms with van der Waals surface area (Å²) in [6.45, 7) is 4.62. The van der Waals surface area contributed by atoms with E-state index < -0.39 is 0 Å². The molecule has 0 aliphatic carbocycles. The molecule has 64 valence electrons. The summed E-state index contributed by atoms with van der Waals surface area (Å²) < 4.78 is 0. The maximum atomic E-state index is 4.00. The van der Waals surface area contributed by atoms with Crippen LogP contribution in [0, 0.1) is 5.41 Å². The van der Waals surface area contributed by atoms with Crippen molar-refractivity contribution in [2.75, 3.05) is 13.1 Å². The van der Waals surface area contributed by atoms with Crippen LogP contribution in [0.4, 0.5) is 0 Å². The predicted octanol–water partition coefficient (Wildman–Crippen LogP) is 1.23. The highest BCUT2D eigenvalue weighted by Crippen LogP contribution is 2.25.